The third kappa shape index (κ3) is 3.74. The smallest absolute Gasteiger partial charge is 0.248 e. The van der Waals surface area contributed by atoms with Gasteiger partial charge in [0, 0.05) is 43.6 Å². The number of para-hydroxylation sites is 1. The predicted octanol–water partition coefficient (Wildman–Crippen LogP) is 2.47. The van der Waals surface area contributed by atoms with E-state index in [0.29, 0.717) is 19.5 Å². The van der Waals surface area contributed by atoms with Crippen LogP contribution in [-0.2, 0) is 0 Å². The summed E-state index contributed by atoms with van der Waals surface area (Å²) in [4.78, 5) is 16.4. The van der Waals surface area contributed by atoms with E-state index in [9.17, 15) is 15.0 Å². The summed E-state index contributed by atoms with van der Waals surface area (Å²) in [7, 11) is 0. The summed E-state index contributed by atoms with van der Waals surface area (Å²) < 4.78 is 6.06. The zero-order valence-electron chi connectivity index (χ0n) is 16.7. The zero-order valence-corrected chi connectivity index (χ0v) is 16.7. The maximum Gasteiger partial charge on any atom is 0.248 e. The Hall–Kier alpha value is -2.67. The van der Waals surface area contributed by atoms with E-state index in [2.05, 4.69) is 9.88 Å². The first-order valence-corrected chi connectivity index (χ1v) is 10.5. The normalized spacial score (nSPS) is 27.3. The molecular weight excluding hydrogens is 380 g/mol. The molecule has 0 bridgehead atoms. The fourth-order valence-electron chi connectivity index (χ4n) is 5.03. The minimum atomic E-state index is -0.762. The minimum Gasteiger partial charge on any atom is -0.490 e. The van der Waals surface area contributed by atoms with Crippen molar-refractivity contribution in [2.45, 2.75) is 30.7 Å². The van der Waals surface area contributed by atoms with E-state index in [1.54, 1.807) is 6.07 Å². The number of hydrogen-bond donors (Lipinski definition) is 3. The number of fused-ring (bicyclic) bond motifs is 2. The van der Waals surface area contributed by atoms with Gasteiger partial charge in [-0.1, -0.05) is 24.3 Å². The van der Waals surface area contributed by atoms with E-state index in [1.165, 1.54) is 6.07 Å². The fourth-order valence-corrected chi connectivity index (χ4v) is 5.03. The number of aliphatic hydroxyl groups is 2. The van der Waals surface area contributed by atoms with Crippen molar-refractivity contribution >= 4 is 10.9 Å². The number of nitrogens with one attached hydrogen (secondary N) is 1. The van der Waals surface area contributed by atoms with E-state index in [0.717, 1.165) is 35.2 Å². The first-order valence-electron chi connectivity index (χ1n) is 10.5. The van der Waals surface area contributed by atoms with Gasteiger partial charge >= 0.3 is 0 Å². The van der Waals surface area contributed by atoms with Gasteiger partial charge in [0.2, 0.25) is 5.56 Å². The summed E-state index contributed by atoms with van der Waals surface area (Å²) >= 11 is 0. The maximum absolute atomic E-state index is 11.4. The molecule has 3 aromatic rings. The average molecular weight is 406 g/mol. The van der Waals surface area contributed by atoms with Crippen LogP contribution in [0.25, 0.3) is 10.9 Å². The molecule has 1 aliphatic heterocycles. The summed E-state index contributed by atoms with van der Waals surface area (Å²) in [6.07, 6.45) is 0.807. The zero-order chi connectivity index (χ0) is 20.7. The second kappa shape index (κ2) is 7.54. The lowest BCUT2D eigenvalue weighted by Crippen LogP contribution is -2.36. The van der Waals surface area contributed by atoms with E-state index in [1.807, 2.05) is 48.5 Å². The van der Waals surface area contributed by atoms with Crippen LogP contribution in [0.4, 0.5) is 0 Å². The molecule has 0 spiro atoms. The molecule has 0 amide bonds. The summed E-state index contributed by atoms with van der Waals surface area (Å²) in [5, 5.41) is 22.8. The SMILES string of the molecule is O=c1ccc2cc([C@H](O)CN3C[C@H]4C[C@H](Oc5ccccc5)C[C@@]4(O)C3)ccc2[nH]1. The Kier molecular flexibility index (Phi) is 4.85. The fraction of sp³-hybridized carbons (Fsp3) is 0.375. The third-order valence-corrected chi connectivity index (χ3v) is 6.47. The Morgan fingerprint density at radius 2 is 2.00 bits per heavy atom. The third-order valence-electron chi connectivity index (χ3n) is 6.47. The number of aliphatic hydroxyl groups excluding tert-OH is 1. The van der Waals surface area contributed by atoms with Gasteiger partial charge in [-0.05, 0) is 47.7 Å². The second-order valence-electron chi connectivity index (χ2n) is 8.67. The van der Waals surface area contributed by atoms with Crippen LogP contribution in [0.3, 0.4) is 0 Å². The topological polar surface area (TPSA) is 85.8 Å². The molecule has 1 saturated carbocycles. The van der Waals surface area contributed by atoms with Crippen molar-refractivity contribution in [1.29, 1.82) is 0 Å². The van der Waals surface area contributed by atoms with Gasteiger partial charge in [0.1, 0.15) is 11.9 Å². The second-order valence-corrected chi connectivity index (χ2v) is 8.67. The summed E-state index contributed by atoms with van der Waals surface area (Å²) in [5.41, 5.74) is 0.668. The van der Waals surface area contributed by atoms with E-state index >= 15 is 0 Å². The molecule has 2 aliphatic rings. The van der Waals surface area contributed by atoms with Crippen LogP contribution in [0.15, 0.2) is 65.5 Å². The van der Waals surface area contributed by atoms with Gasteiger partial charge in [-0.2, -0.15) is 0 Å². The number of H-pyrrole nitrogens is 1. The lowest BCUT2D eigenvalue weighted by atomic mass is 9.95. The highest BCUT2D eigenvalue weighted by Gasteiger charge is 2.52. The first-order chi connectivity index (χ1) is 14.5. The van der Waals surface area contributed by atoms with Crippen LogP contribution in [0.1, 0.15) is 24.5 Å². The molecule has 5 rings (SSSR count). The quantitative estimate of drug-likeness (QED) is 0.606. The Bertz CT molecular complexity index is 1100. The molecule has 6 heteroatoms. The molecule has 0 radical (unpaired) electrons. The molecule has 0 unspecified atom stereocenters. The number of nitrogens with zero attached hydrogens (tertiary/aromatic N) is 1. The van der Waals surface area contributed by atoms with Gasteiger partial charge in [-0.25, -0.2) is 0 Å². The van der Waals surface area contributed by atoms with Gasteiger partial charge in [0.25, 0.3) is 0 Å². The lowest BCUT2D eigenvalue weighted by molar-refractivity contribution is 0.0178. The molecule has 2 aromatic carbocycles. The Labute approximate surface area is 174 Å². The van der Waals surface area contributed by atoms with Crippen molar-refractivity contribution in [3.8, 4) is 5.75 Å². The van der Waals surface area contributed by atoms with Gasteiger partial charge in [0.05, 0.1) is 11.7 Å². The number of hydrogen-bond acceptors (Lipinski definition) is 5. The Balaban J connectivity index is 1.22. The highest BCUT2D eigenvalue weighted by molar-refractivity contribution is 5.79. The van der Waals surface area contributed by atoms with Gasteiger partial charge in [0.15, 0.2) is 0 Å². The Morgan fingerprint density at radius 3 is 2.80 bits per heavy atom. The van der Waals surface area contributed by atoms with Crippen LogP contribution in [0.5, 0.6) is 5.75 Å². The number of pyridine rings is 1. The largest absolute Gasteiger partial charge is 0.490 e. The maximum atomic E-state index is 11.4. The number of aromatic amines is 1. The molecule has 2 heterocycles. The number of ether oxygens (including phenoxy) is 1. The van der Waals surface area contributed by atoms with Gasteiger partial charge in [-0.15, -0.1) is 0 Å². The molecule has 1 aromatic heterocycles. The minimum absolute atomic E-state index is 0.0251. The van der Waals surface area contributed by atoms with Crippen molar-refractivity contribution < 1.29 is 14.9 Å². The molecule has 1 saturated heterocycles. The van der Waals surface area contributed by atoms with Crippen LogP contribution < -0.4 is 10.3 Å². The number of aromatic nitrogens is 1. The van der Waals surface area contributed by atoms with Gasteiger partial charge in [-0.3, -0.25) is 9.69 Å². The van der Waals surface area contributed by atoms with Crippen LogP contribution >= 0.6 is 0 Å². The molecule has 156 valence electrons. The molecular formula is C24H26N2O4. The Morgan fingerprint density at radius 1 is 1.17 bits per heavy atom. The molecule has 2 fully saturated rings. The van der Waals surface area contributed by atoms with Crippen molar-refractivity contribution in [3.05, 3.63) is 76.6 Å². The van der Waals surface area contributed by atoms with E-state index in [-0.39, 0.29) is 17.6 Å². The summed E-state index contributed by atoms with van der Waals surface area (Å²) in [6.45, 7) is 1.77. The molecule has 3 N–H and O–H groups in total. The van der Waals surface area contributed by atoms with Crippen LogP contribution in [0.2, 0.25) is 0 Å². The van der Waals surface area contributed by atoms with E-state index in [4.69, 9.17) is 4.74 Å². The standard InChI is InChI=1S/C24H26N2O4/c27-22(17-6-8-21-16(10-17)7-9-23(28)25-21)14-26-13-18-11-20(12-24(18,29)15-26)30-19-4-2-1-3-5-19/h1-10,18,20,22,27,29H,11-15H2,(H,25,28)/t18-,20+,22-,24-/m1/s1. The number of β-amino-alcohol motifs (C(OH)–C–C–N with tert-alkyl or cyclic N) is 2. The van der Waals surface area contributed by atoms with Crippen molar-refractivity contribution in [2.24, 2.45) is 5.92 Å². The van der Waals surface area contributed by atoms with Crippen molar-refractivity contribution in [1.82, 2.24) is 9.88 Å². The highest BCUT2D eigenvalue weighted by Crippen LogP contribution is 2.43. The molecule has 1 aliphatic carbocycles. The van der Waals surface area contributed by atoms with Crippen LogP contribution in [0, 0.1) is 5.92 Å². The first kappa shape index (κ1) is 19.3. The van der Waals surface area contributed by atoms with Gasteiger partial charge < -0.3 is 19.9 Å². The summed E-state index contributed by atoms with van der Waals surface area (Å²) in [5.74, 6) is 0.996. The number of benzene rings is 2. The number of rotatable bonds is 5. The van der Waals surface area contributed by atoms with Crippen molar-refractivity contribution in [2.75, 3.05) is 19.6 Å². The molecule has 6 nitrogen and oxygen atoms in total. The average Bonchev–Trinajstić information content (AvgIpc) is 3.18. The van der Waals surface area contributed by atoms with Crippen LogP contribution in [-0.4, -0.2) is 51.4 Å². The lowest BCUT2D eigenvalue weighted by Gasteiger charge is -2.25. The van der Waals surface area contributed by atoms with E-state index < -0.39 is 11.7 Å². The monoisotopic (exact) mass is 406 g/mol. The molecule has 30 heavy (non-hydrogen) atoms. The summed E-state index contributed by atoms with van der Waals surface area (Å²) in [6, 6.07) is 18.6. The predicted molar refractivity (Wildman–Crippen MR) is 115 cm³/mol. The number of likely N-dealkylation sites (tertiary alicyclic amines) is 1. The van der Waals surface area contributed by atoms with Crippen molar-refractivity contribution in [3.63, 3.8) is 0 Å². The highest BCUT2D eigenvalue weighted by atomic mass is 16.5. The molecule has 4 atom stereocenters.